The number of hydrogen-bond donors (Lipinski definition) is 2. The van der Waals surface area contributed by atoms with E-state index < -0.39 is 5.92 Å². The molecule has 0 aromatic carbocycles. The Morgan fingerprint density at radius 3 is 2.43 bits per heavy atom. The molecule has 3 heterocycles. The van der Waals surface area contributed by atoms with Crippen LogP contribution in [-0.2, 0) is 9.59 Å². The van der Waals surface area contributed by atoms with Gasteiger partial charge in [-0.05, 0) is 19.3 Å². The first kappa shape index (κ1) is 21.4. The number of nitrogens with zero attached hydrogens (tertiary/aromatic N) is 3. The van der Waals surface area contributed by atoms with Gasteiger partial charge in [0.2, 0.25) is 11.8 Å². The van der Waals surface area contributed by atoms with Crippen LogP contribution in [0.25, 0.3) is 0 Å². The molecular formula is C19H33N5O3S. The Morgan fingerprint density at radius 1 is 1.11 bits per heavy atom. The Hall–Kier alpha value is -1.32. The van der Waals surface area contributed by atoms with Crippen LogP contribution in [0.1, 0.15) is 45.4 Å². The molecule has 0 aromatic rings. The van der Waals surface area contributed by atoms with Gasteiger partial charge in [-0.25, -0.2) is 4.79 Å². The summed E-state index contributed by atoms with van der Waals surface area (Å²) in [5.74, 6) is -0.101. The Morgan fingerprint density at radius 2 is 1.79 bits per heavy atom. The van der Waals surface area contributed by atoms with E-state index in [1.54, 1.807) is 11.9 Å². The molecule has 8 nitrogen and oxygen atoms in total. The minimum Gasteiger partial charge on any atom is -0.342 e. The van der Waals surface area contributed by atoms with Gasteiger partial charge in [-0.2, -0.15) is 0 Å². The number of hydrogen-bond acceptors (Lipinski definition) is 6. The maximum Gasteiger partial charge on any atom is 0.327 e. The molecule has 0 aliphatic carbocycles. The van der Waals surface area contributed by atoms with Crippen molar-refractivity contribution in [3.8, 4) is 0 Å². The third-order valence-electron chi connectivity index (χ3n) is 5.95. The number of carbonyl (C=O) groups is 3. The summed E-state index contributed by atoms with van der Waals surface area (Å²) in [5.41, 5.74) is 0. The van der Waals surface area contributed by atoms with E-state index in [0.717, 1.165) is 38.8 Å². The molecule has 4 atom stereocenters. The highest BCUT2D eigenvalue weighted by atomic mass is 32.2. The molecule has 0 aromatic heterocycles. The average Bonchev–Trinajstić information content (AvgIpc) is 2.98. The van der Waals surface area contributed by atoms with Crippen LogP contribution in [0, 0.1) is 5.92 Å². The Bertz CT molecular complexity index is 596. The molecule has 0 radical (unpaired) electrons. The van der Waals surface area contributed by atoms with Gasteiger partial charge in [0.1, 0.15) is 0 Å². The zero-order valence-corrected chi connectivity index (χ0v) is 18.0. The van der Waals surface area contributed by atoms with Crippen LogP contribution in [0.4, 0.5) is 4.79 Å². The van der Waals surface area contributed by atoms with Crippen LogP contribution < -0.4 is 10.6 Å². The summed E-state index contributed by atoms with van der Waals surface area (Å²) in [5, 5.41) is 6.72. The molecule has 3 fully saturated rings. The highest BCUT2D eigenvalue weighted by Crippen LogP contribution is 2.32. The molecule has 28 heavy (non-hydrogen) atoms. The third-order valence-corrected chi connectivity index (χ3v) is 7.15. The molecule has 0 saturated carbocycles. The standard InChI is InChI=1S/C19H33N5O3S/c1-4-9-13-20-16-15(18(26)23(3)19(27)22(16)2)17(21-13)28-12-14(25)24-10-7-5-6-8-11-24/h13,15-17,20-21H,4-12H2,1-3H3. The second-order valence-corrected chi connectivity index (χ2v) is 9.09. The van der Waals surface area contributed by atoms with Crippen LogP contribution in [-0.4, -0.2) is 83.2 Å². The normalized spacial score (nSPS) is 31.6. The zero-order chi connectivity index (χ0) is 20.3. The average molecular weight is 412 g/mol. The van der Waals surface area contributed by atoms with Crippen molar-refractivity contribution in [2.45, 2.75) is 63.2 Å². The van der Waals surface area contributed by atoms with Gasteiger partial charge in [-0.3, -0.25) is 25.1 Å². The van der Waals surface area contributed by atoms with E-state index in [1.807, 2.05) is 4.90 Å². The number of imide groups is 1. The van der Waals surface area contributed by atoms with Gasteiger partial charge >= 0.3 is 6.03 Å². The van der Waals surface area contributed by atoms with Gasteiger partial charge in [0, 0.05) is 27.2 Å². The fraction of sp³-hybridized carbons (Fsp3) is 0.842. The van der Waals surface area contributed by atoms with Gasteiger partial charge in [-0.1, -0.05) is 26.2 Å². The molecule has 0 spiro atoms. The highest BCUT2D eigenvalue weighted by molar-refractivity contribution is 8.00. The van der Waals surface area contributed by atoms with Crippen molar-refractivity contribution >= 4 is 29.6 Å². The molecule has 3 rings (SSSR count). The quantitative estimate of drug-likeness (QED) is 0.708. The zero-order valence-electron chi connectivity index (χ0n) is 17.1. The lowest BCUT2D eigenvalue weighted by Crippen LogP contribution is -2.74. The SMILES string of the molecule is CCCC1NC(SCC(=O)N2CCCCCC2)C2C(=O)N(C)C(=O)N(C)C2N1. The topological polar surface area (TPSA) is 85.0 Å². The second-order valence-electron chi connectivity index (χ2n) is 7.96. The van der Waals surface area contributed by atoms with Gasteiger partial charge < -0.3 is 9.80 Å². The summed E-state index contributed by atoms with van der Waals surface area (Å²) in [7, 11) is 3.26. The molecule has 0 bridgehead atoms. The molecule has 2 N–H and O–H groups in total. The van der Waals surface area contributed by atoms with E-state index in [-0.39, 0.29) is 35.6 Å². The molecule has 4 amide bonds. The first-order valence-corrected chi connectivity index (χ1v) is 11.4. The van der Waals surface area contributed by atoms with E-state index in [9.17, 15) is 14.4 Å². The van der Waals surface area contributed by atoms with Gasteiger partial charge in [0.15, 0.2) is 0 Å². The maximum absolute atomic E-state index is 12.9. The number of nitrogens with one attached hydrogen (secondary N) is 2. The largest absolute Gasteiger partial charge is 0.342 e. The van der Waals surface area contributed by atoms with Crippen LogP contribution in [0.3, 0.4) is 0 Å². The molecule has 9 heteroatoms. The summed E-state index contributed by atoms with van der Waals surface area (Å²) >= 11 is 1.50. The first-order chi connectivity index (χ1) is 13.4. The minimum absolute atomic E-state index is 0.0171. The Labute approximate surface area is 171 Å². The summed E-state index contributed by atoms with van der Waals surface area (Å²) in [6.45, 7) is 3.78. The first-order valence-electron chi connectivity index (χ1n) is 10.4. The van der Waals surface area contributed by atoms with Crippen molar-refractivity contribution < 1.29 is 14.4 Å². The third kappa shape index (κ3) is 4.46. The Kier molecular flexibility index (Phi) is 7.22. The predicted molar refractivity (Wildman–Crippen MR) is 109 cm³/mol. The van der Waals surface area contributed by atoms with E-state index in [4.69, 9.17) is 0 Å². The minimum atomic E-state index is -0.414. The fourth-order valence-corrected chi connectivity index (χ4v) is 5.53. The summed E-state index contributed by atoms with van der Waals surface area (Å²) in [4.78, 5) is 42.7. The molecular weight excluding hydrogens is 378 g/mol. The van der Waals surface area contributed by atoms with Crippen molar-refractivity contribution in [1.82, 2.24) is 25.3 Å². The number of rotatable bonds is 5. The van der Waals surface area contributed by atoms with E-state index in [0.29, 0.717) is 5.75 Å². The number of amides is 4. The monoisotopic (exact) mass is 411 g/mol. The van der Waals surface area contributed by atoms with Crippen LogP contribution in [0.5, 0.6) is 0 Å². The van der Waals surface area contributed by atoms with Crippen molar-refractivity contribution in [1.29, 1.82) is 0 Å². The van der Waals surface area contributed by atoms with E-state index in [1.165, 1.54) is 36.6 Å². The van der Waals surface area contributed by atoms with Crippen molar-refractivity contribution in [2.24, 2.45) is 5.92 Å². The van der Waals surface area contributed by atoms with Crippen LogP contribution >= 0.6 is 11.8 Å². The highest BCUT2D eigenvalue weighted by Gasteiger charge is 2.50. The molecule has 3 saturated heterocycles. The van der Waals surface area contributed by atoms with E-state index in [2.05, 4.69) is 17.6 Å². The number of carbonyl (C=O) groups excluding carboxylic acids is 3. The second kappa shape index (κ2) is 9.45. The van der Waals surface area contributed by atoms with Gasteiger partial charge in [0.25, 0.3) is 0 Å². The molecule has 158 valence electrons. The number of thioether (sulfide) groups is 1. The molecule has 3 aliphatic rings. The molecule has 3 aliphatic heterocycles. The lowest BCUT2D eigenvalue weighted by atomic mass is 9.96. The van der Waals surface area contributed by atoms with Crippen LogP contribution in [0.2, 0.25) is 0 Å². The van der Waals surface area contributed by atoms with Crippen molar-refractivity contribution in [2.75, 3.05) is 32.9 Å². The number of fused-ring (bicyclic) bond motifs is 1. The molecule has 4 unspecified atom stereocenters. The lowest BCUT2D eigenvalue weighted by molar-refractivity contribution is -0.140. The predicted octanol–water partition coefficient (Wildman–Crippen LogP) is 1.23. The fourth-order valence-electron chi connectivity index (χ4n) is 4.30. The number of urea groups is 1. The number of likely N-dealkylation sites (tertiary alicyclic amines) is 1. The van der Waals surface area contributed by atoms with Gasteiger partial charge in [-0.15, -0.1) is 11.8 Å². The smallest absolute Gasteiger partial charge is 0.327 e. The summed E-state index contributed by atoms with van der Waals surface area (Å²) < 4.78 is 0. The Balaban J connectivity index is 1.70. The maximum atomic E-state index is 12.9. The lowest BCUT2D eigenvalue weighted by Gasteiger charge is -2.50. The van der Waals surface area contributed by atoms with E-state index >= 15 is 0 Å². The van der Waals surface area contributed by atoms with Gasteiger partial charge in [0.05, 0.1) is 29.4 Å². The van der Waals surface area contributed by atoms with Crippen molar-refractivity contribution in [3.63, 3.8) is 0 Å². The summed E-state index contributed by atoms with van der Waals surface area (Å²) in [6, 6.07) is -0.291. The summed E-state index contributed by atoms with van der Waals surface area (Å²) in [6.07, 6.45) is 6.07. The van der Waals surface area contributed by atoms with Crippen LogP contribution in [0.15, 0.2) is 0 Å². The van der Waals surface area contributed by atoms with Crippen molar-refractivity contribution in [3.05, 3.63) is 0 Å².